The van der Waals surface area contributed by atoms with Crippen molar-refractivity contribution in [1.29, 1.82) is 0 Å². The summed E-state index contributed by atoms with van der Waals surface area (Å²) >= 11 is 0. The predicted octanol–water partition coefficient (Wildman–Crippen LogP) is 6.24. The summed E-state index contributed by atoms with van der Waals surface area (Å²) in [4.78, 5) is 14.3. The molecule has 4 aromatic rings. The molecule has 34 heavy (non-hydrogen) atoms. The molecule has 1 atom stereocenters. The van der Waals surface area contributed by atoms with Gasteiger partial charge in [-0.1, -0.05) is 42.8 Å². The predicted molar refractivity (Wildman–Crippen MR) is 128 cm³/mol. The molecule has 3 aromatic carbocycles. The van der Waals surface area contributed by atoms with Crippen LogP contribution in [-0.4, -0.2) is 22.8 Å². The van der Waals surface area contributed by atoms with E-state index < -0.39 is 5.82 Å². The van der Waals surface area contributed by atoms with Crippen LogP contribution in [0.4, 0.5) is 8.78 Å². The van der Waals surface area contributed by atoms with Gasteiger partial charge in [0.25, 0.3) is 0 Å². The zero-order valence-electron chi connectivity index (χ0n) is 19.1. The molecule has 1 unspecified atom stereocenters. The molecule has 0 amide bonds. The minimum Gasteiger partial charge on any atom is -0.494 e. The van der Waals surface area contributed by atoms with E-state index >= 15 is 0 Å². The number of fused-ring (bicyclic) bond motifs is 3. The topological polar surface area (TPSA) is 47.4 Å². The monoisotopic (exact) mass is 455 g/mol. The van der Waals surface area contributed by atoms with Gasteiger partial charge in [0.15, 0.2) is 11.6 Å². The molecule has 1 aromatic heterocycles. The van der Waals surface area contributed by atoms with E-state index in [0.29, 0.717) is 23.6 Å². The summed E-state index contributed by atoms with van der Waals surface area (Å²) in [7, 11) is 1.44. The first-order valence-corrected chi connectivity index (χ1v) is 11.1. The third-order valence-electron chi connectivity index (χ3n) is 6.17. The van der Waals surface area contributed by atoms with Crippen molar-refractivity contribution in [2.75, 3.05) is 7.11 Å². The lowest BCUT2D eigenvalue weighted by atomic mass is 9.93. The van der Waals surface area contributed by atoms with E-state index in [1.54, 1.807) is 30.5 Å². The van der Waals surface area contributed by atoms with Crippen molar-refractivity contribution in [1.82, 2.24) is 9.97 Å². The van der Waals surface area contributed by atoms with Crippen molar-refractivity contribution in [3.63, 3.8) is 0 Å². The molecule has 0 saturated carbocycles. The van der Waals surface area contributed by atoms with Gasteiger partial charge in [0.05, 0.1) is 25.1 Å². The van der Waals surface area contributed by atoms with Gasteiger partial charge in [-0.25, -0.2) is 18.7 Å². The molecule has 0 aliphatic carbocycles. The zero-order valence-corrected chi connectivity index (χ0v) is 19.1. The Bertz CT molecular complexity index is 1430. The lowest BCUT2D eigenvalue weighted by Crippen LogP contribution is -2.08. The largest absolute Gasteiger partial charge is 0.494 e. The molecular weight excluding hydrogens is 432 g/mol. The molecule has 0 radical (unpaired) electrons. The molecule has 0 saturated heterocycles. The molecule has 1 aliphatic heterocycles. The van der Waals surface area contributed by atoms with Crippen LogP contribution < -0.4 is 4.74 Å². The normalized spacial score (nSPS) is 13.4. The highest BCUT2D eigenvalue weighted by atomic mass is 19.1. The third-order valence-corrected chi connectivity index (χ3v) is 6.17. The Labute approximate surface area is 197 Å². The second kappa shape index (κ2) is 8.78. The second-order valence-corrected chi connectivity index (χ2v) is 8.41. The van der Waals surface area contributed by atoms with Crippen LogP contribution in [0.2, 0.25) is 0 Å². The highest BCUT2D eigenvalue weighted by Gasteiger charge is 2.24. The quantitative estimate of drug-likeness (QED) is 0.366. The summed E-state index contributed by atoms with van der Waals surface area (Å²) in [5.41, 5.74) is 6.32. The van der Waals surface area contributed by atoms with Gasteiger partial charge < -0.3 is 4.74 Å². The highest BCUT2D eigenvalue weighted by Crippen LogP contribution is 2.34. The van der Waals surface area contributed by atoms with Crippen molar-refractivity contribution >= 4 is 5.71 Å². The first-order valence-electron chi connectivity index (χ1n) is 11.1. The van der Waals surface area contributed by atoms with Crippen LogP contribution in [0.1, 0.15) is 46.5 Å². The number of hydrogen-bond acceptors (Lipinski definition) is 4. The molecule has 1 aliphatic rings. The SMILES string of the molecule is COc1cc(C(C)c2ncc3c(n2)-c2ccc(C)cc2C(c2ccccc2F)=NC3)ccc1F. The Kier molecular flexibility index (Phi) is 5.65. The minimum absolute atomic E-state index is 0.183. The second-order valence-electron chi connectivity index (χ2n) is 8.41. The van der Waals surface area contributed by atoms with Crippen molar-refractivity contribution in [2.24, 2.45) is 4.99 Å². The van der Waals surface area contributed by atoms with Gasteiger partial charge >= 0.3 is 0 Å². The standard InChI is InChI=1S/C28H23F2N3O/c1-16-8-10-20-22(12-16)27(21-6-4-5-7-23(21)29)31-14-19-15-32-28(33-26(19)20)17(2)18-9-11-24(30)25(13-18)34-3/h4-13,15,17H,14H2,1-3H3. The van der Waals surface area contributed by atoms with E-state index in [2.05, 4.69) is 4.98 Å². The van der Waals surface area contributed by atoms with Crippen molar-refractivity contribution in [3.05, 3.63) is 112 Å². The molecule has 0 N–H and O–H groups in total. The number of methoxy groups -OCH3 is 1. The first kappa shape index (κ1) is 21.9. The van der Waals surface area contributed by atoms with Crippen LogP contribution in [-0.2, 0) is 6.54 Å². The van der Waals surface area contributed by atoms with E-state index in [1.807, 2.05) is 38.1 Å². The summed E-state index contributed by atoms with van der Waals surface area (Å²) < 4.78 is 33.8. The molecule has 4 nitrogen and oxygen atoms in total. The average Bonchev–Trinajstić information content (AvgIpc) is 3.00. The smallest absolute Gasteiger partial charge is 0.165 e. The van der Waals surface area contributed by atoms with Gasteiger partial charge in [-0.15, -0.1) is 0 Å². The molecule has 0 fully saturated rings. The van der Waals surface area contributed by atoms with Gasteiger partial charge in [0.2, 0.25) is 0 Å². The number of nitrogens with zero attached hydrogens (tertiary/aromatic N) is 3. The third kappa shape index (κ3) is 3.85. The summed E-state index contributed by atoms with van der Waals surface area (Å²) in [6.07, 6.45) is 1.78. The summed E-state index contributed by atoms with van der Waals surface area (Å²) in [6, 6.07) is 17.5. The molecular formula is C28H23F2N3O. The van der Waals surface area contributed by atoms with E-state index in [-0.39, 0.29) is 17.5 Å². The van der Waals surface area contributed by atoms with Crippen molar-refractivity contribution < 1.29 is 13.5 Å². The average molecular weight is 456 g/mol. The fourth-order valence-corrected chi connectivity index (χ4v) is 4.27. The lowest BCUT2D eigenvalue weighted by Gasteiger charge is -2.16. The fraction of sp³-hybridized carbons (Fsp3) is 0.179. The van der Waals surface area contributed by atoms with E-state index in [1.165, 1.54) is 19.2 Å². The number of aromatic nitrogens is 2. The number of ether oxygens (including phenoxy) is 1. The number of benzene rings is 3. The Morgan fingerprint density at radius 2 is 1.74 bits per heavy atom. The van der Waals surface area contributed by atoms with Gasteiger partial charge in [-0.3, -0.25) is 4.99 Å². The molecule has 5 rings (SSSR count). The summed E-state index contributed by atoms with van der Waals surface area (Å²) in [5.74, 6) is -0.131. The number of halogens is 2. The fourth-order valence-electron chi connectivity index (χ4n) is 4.27. The number of aryl methyl sites for hydroxylation is 1. The zero-order chi connectivity index (χ0) is 23.8. The van der Waals surface area contributed by atoms with Gasteiger partial charge in [-0.05, 0) is 42.8 Å². The number of rotatable bonds is 4. The Hall–Kier alpha value is -3.93. The van der Waals surface area contributed by atoms with E-state index in [9.17, 15) is 8.78 Å². The summed E-state index contributed by atoms with van der Waals surface area (Å²) in [5, 5.41) is 0. The first-order chi connectivity index (χ1) is 16.5. The van der Waals surface area contributed by atoms with Crippen LogP contribution in [0.5, 0.6) is 5.75 Å². The molecule has 170 valence electrons. The Morgan fingerprint density at radius 3 is 2.53 bits per heavy atom. The van der Waals surface area contributed by atoms with Crippen LogP contribution in [0.15, 0.2) is 71.9 Å². The minimum atomic E-state index is -0.414. The van der Waals surface area contributed by atoms with E-state index in [4.69, 9.17) is 14.7 Å². The molecule has 6 heteroatoms. The van der Waals surface area contributed by atoms with Crippen LogP contribution in [0.3, 0.4) is 0 Å². The van der Waals surface area contributed by atoms with Crippen LogP contribution in [0.25, 0.3) is 11.3 Å². The van der Waals surface area contributed by atoms with Crippen molar-refractivity contribution in [3.8, 4) is 17.0 Å². The Morgan fingerprint density at radius 1 is 0.912 bits per heavy atom. The highest BCUT2D eigenvalue weighted by molar-refractivity contribution is 6.17. The number of hydrogen-bond donors (Lipinski definition) is 0. The maximum Gasteiger partial charge on any atom is 0.165 e. The lowest BCUT2D eigenvalue weighted by molar-refractivity contribution is 0.385. The maximum absolute atomic E-state index is 14.7. The van der Waals surface area contributed by atoms with Crippen LogP contribution in [0, 0.1) is 18.6 Å². The molecule has 0 bridgehead atoms. The molecule has 0 spiro atoms. The van der Waals surface area contributed by atoms with Crippen LogP contribution >= 0.6 is 0 Å². The maximum atomic E-state index is 14.7. The van der Waals surface area contributed by atoms with Gasteiger partial charge in [0.1, 0.15) is 11.6 Å². The van der Waals surface area contributed by atoms with Crippen molar-refractivity contribution in [2.45, 2.75) is 26.3 Å². The Balaban J connectivity index is 1.63. The van der Waals surface area contributed by atoms with Gasteiger partial charge in [0, 0.05) is 34.4 Å². The summed E-state index contributed by atoms with van der Waals surface area (Å²) in [6.45, 7) is 4.31. The molecule has 2 heterocycles. The van der Waals surface area contributed by atoms with Gasteiger partial charge in [-0.2, -0.15) is 0 Å². The number of aliphatic imine (C=N–C) groups is 1. The van der Waals surface area contributed by atoms with E-state index in [0.717, 1.165) is 33.5 Å².